The van der Waals surface area contributed by atoms with Crippen molar-refractivity contribution >= 4 is 34.5 Å². The molecule has 0 bridgehead atoms. The van der Waals surface area contributed by atoms with Crippen LogP contribution in [0.15, 0.2) is 41.2 Å². The third-order valence-corrected chi connectivity index (χ3v) is 5.20. The quantitative estimate of drug-likeness (QED) is 0.577. The molecule has 0 saturated carbocycles. The fourth-order valence-electron chi connectivity index (χ4n) is 3.46. The maximum absolute atomic E-state index is 12.4. The minimum absolute atomic E-state index is 0.0339. The van der Waals surface area contributed by atoms with Gasteiger partial charge in [-0.3, -0.25) is 18.7 Å². The smallest absolute Gasteiger partial charge is 0.326 e. The first-order valence-corrected chi connectivity index (χ1v) is 10.6. The lowest BCUT2D eigenvalue weighted by atomic mass is 10.0. The van der Waals surface area contributed by atoms with E-state index in [9.17, 15) is 14.4 Å². The lowest BCUT2D eigenvalue weighted by Gasteiger charge is -2.09. The van der Waals surface area contributed by atoms with Crippen LogP contribution < -0.4 is 16.3 Å². The summed E-state index contributed by atoms with van der Waals surface area (Å²) in [6.07, 6.45) is 0.0953. The van der Waals surface area contributed by atoms with E-state index in [-0.39, 0.29) is 30.3 Å². The molecular weight excluding hydrogens is 394 g/mol. The molecule has 0 radical (unpaired) electrons. The summed E-state index contributed by atoms with van der Waals surface area (Å²) in [5, 5.41) is 5.52. The molecule has 2 heterocycles. The van der Waals surface area contributed by atoms with Crippen molar-refractivity contribution < 1.29 is 9.59 Å². The molecule has 8 heteroatoms. The van der Waals surface area contributed by atoms with Crippen molar-refractivity contribution in [2.75, 3.05) is 10.6 Å². The molecule has 0 spiro atoms. The van der Waals surface area contributed by atoms with Crippen LogP contribution >= 0.6 is 0 Å². The van der Waals surface area contributed by atoms with Crippen molar-refractivity contribution in [1.82, 2.24) is 14.1 Å². The number of fused-ring (bicyclic) bond motifs is 1. The molecule has 8 nitrogen and oxygen atoms in total. The van der Waals surface area contributed by atoms with E-state index >= 15 is 0 Å². The van der Waals surface area contributed by atoms with Crippen molar-refractivity contribution in [3.8, 4) is 0 Å². The number of benzene rings is 1. The van der Waals surface area contributed by atoms with Gasteiger partial charge in [0, 0.05) is 31.6 Å². The van der Waals surface area contributed by atoms with Crippen molar-refractivity contribution in [1.29, 1.82) is 0 Å². The Morgan fingerprint density at radius 2 is 1.52 bits per heavy atom. The number of rotatable bonds is 8. The highest BCUT2D eigenvalue weighted by Crippen LogP contribution is 2.18. The first kappa shape index (κ1) is 22.3. The Labute approximate surface area is 181 Å². The summed E-state index contributed by atoms with van der Waals surface area (Å²) in [6.45, 7) is 9.04. The van der Waals surface area contributed by atoms with Crippen LogP contribution in [-0.4, -0.2) is 25.9 Å². The zero-order valence-corrected chi connectivity index (χ0v) is 18.4. The van der Waals surface area contributed by atoms with Gasteiger partial charge in [0.1, 0.15) is 5.82 Å². The summed E-state index contributed by atoms with van der Waals surface area (Å²) in [6, 6.07) is 11.1. The predicted molar refractivity (Wildman–Crippen MR) is 122 cm³/mol. The molecule has 164 valence electrons. The maximum Gasteiger partial charge on any atom is 0.330 e. The number of hydrogen-bond acceptors (Lipinski definition) is 4. The van der Waals surface area contributed by atoms with E-state index in [1.807, 2.05) is 38.1 Å². The van der Waals surface area contributed by atoms with Gasteiger partial charge in [0.2, 0.25) is 11.8 Å². The van der Waals surface area contributed by atoms with Gasteiger partial charge in [0.05, 0.1) is 5.52 Å². The number of hydrogen-bond donors (Lipinski definition) is 2. The summed E-state index contributed by atoms with van der Waals surface area (Å²) in [5.74, 6) is 0.250. The zero-order chi connectivity index (χ0) is 22.5. The first-order chi connectivity index (χ1) is 14.8. The second-order valence-corrected chi connectivity index (χ2v) is 7.68. The number of aryl methyl sites for hydroxylation is 2. The highest BCUT2D eigenvalue weighted by Gasteiger charge is 2.14. The Morgan fingerprint density at radius 1 is 0.903 bits per heavy atom. The van der Waals surface area contributed by atoms with E-state index < -0.39 is 0 Å². The molecule has 3 rings (SSSR count). The van der Waals surface area contributed by atoms with Crippen LogP contribution in [0.2, 0.25) is 0 Å². The van der Waals surface area contributed by atoms with Crippen LogP contribution in [0, 0.1) is 0 Å². The van der Waals surface area contributed by atoms with Gasteiger partial charge in [0.15, 0.2) is 5.65 Å². The van der Waals surface area contributed by atoms with E-state index in [0.29, 0.717) is 36.2 Å². The largest absolute Gasteiger partial charge is 0.330 e. The predicted octanol–water partition coefficient (Wildman–Crippen LogP) is 3.72. The summed E-state index contributed by atoms with van der Waals surface area (Å²) < 4.78 is 3.22. The van der Waals surface area contributed by atoms with Crippen LogP contribution in [0.1, 0.15) is 52.0 Å². The topological polar surface area (TPSA) is 98.0 Å². The van der Waals surface area contributed by atoms with Gasteiger partial charge in [-0.15, -0.1) is 0 Å². The summed E-state index contributed by atoms with van der Waals surface area (Å²) in [5.41, 5.74) is 3.06. The molecular formula is C23H29N5O3. The monoisotopic (exact) mass is 423 g/mol. The molecule has 0 saturated heterocycles. The van der Waals surface area contributed by atoms with Crippen molar-refractivity contribution in [3.63, 3.8) is 0 Å². The van der Waals surface area contributed by atoms with Gasteiger partial charge < -0.3 is 10.6 Å². The number of aromatic nitrogens is 3. The Kier molecular flexibility index (Phi) is 6.89. The van der Waals surface area contributed by atoms with Gasteiger partial charge in [-0.1, -0.05) is 26.0 Å². The molecule has 2 N–H and O–H groups in total. The maximum atomic E-state index is 12.4. The zero-order valence-electron chi connectivity index (χ0n) is 18.4. The molecule has 1 aromatic carbocycles. The number of imidazole rings is 1. The number of nitrogens with one attached hydrogen (secondary N) is 2. The second-order valence-electron chi connectivity index (χ2n) is 7.68. The summed E-state index contributed by atoms with van der Waals surface area (Å²) >= 11 is 0. The Hall–Kier alpha value is -3.42. The lowest BCUT2D eigenvalue weighted by molar-refractivity contribution is -0.121. The Balaban J connectivity index is 1.59. The molecule has 3 aromatic rings. The number of carbonyl (C=O) groups is 2. The molecule has 31 heavy (non-hydrogen) atoms. The van der Waals surface area contributed by atoms with Crippen LogP contribution in [0.4, 0.5) is 11.5 Å². The van der Waals surface area contributed by atoms with Gasteiger partial charge in [-0.25, -0.2) is 9.78 Å². The molecule has 2 amide bonds. The lowest BCUT2D eigenvalue weighted by Crippen LogP contribution is -2.23. The molecule has 0 atom stereocenters. The molecule has 0 fully saturated rings. The summed E-state index contributed by atoms with van der Waals surface area (Å²) in [7, 11) is 0. The first-order valence-electron chi connectivity index (χ1n) is 10.6. The van der Waals surface area contributed by atoms with Crippen molar-refractivity contribution in [2.24, 2.45) is 0 Å². The van der Waals surface area contributed by atoms with Gasteiger partial charge in [-0.05, 0) is 49.6 Å². The fraction of sp³-hybridized carbons (Fsp3) is 0.391. The SMILES string of the molecule is CCn1c(=O)n(CC)c2nc(NC(=O)CCC(=O)Nc3ccc(C(C)C)cc3)ccc21. The Bertz CT molecular complexity index is 1140. The number of anilines is 2. The van der Waals surface area contributed by atoms with E-state index in [2.05, 4.69) is 29.5 Å². The third-order valence-electron chi connectivity index (χ3n) is 5.20. The van der Waals surface area contributed by atoms with E-state index in [0.717, 1.165) is 5.52 Å². The van der Waals surface area contributed by atoms with Crippen molar-refractivity contribution in [2.45, 2.75) is 59.5 Å². The third kappa shape index (κ3) is 5.02. The van der Waals surface area contributed by atoms with Crippen LogP contribution in [0.3, 0.4) is 0 Å². The van der Waals surface area contributed by atoms with E-state index in [1.165, 1.54) is 5.56 Å². The fourth-order valence-corrected chi connectivity index (χ4v) is 3.46. The minimum atomic E-state index is -0.308. The molecule has 0 unspecified atom stereocenters. The second kappa shape index (κ2) is 9.59. The van der Waals surface area contributed by atoms with Crippen LogP contribution in [0.5, 0.6) is 0 Å². The summed E-state index contributed by atoms with van der Waals surface area (Å²) in [4.78, 5) is 41.3. The van der Waals surface area contributed by atoms with Crippen LogP contribution in [-0.2, 0) is 22.7 Å². The Morgan fingerprint density at radius 3 is 2.10 bits per heavy atom. The van der Waals surface area contributed by atoms with E-state index in [1.54, 1.807) is 21.3 Å². The number of amides is 2. The van der Waals surface area contributed by atoms with E-state index in [4.69, 9.17) is 0 Å². The molecule has 0 aliphatic rings. The molecule has 0 aliphatic heterocycles. The normalized spacial score (nSPS) is 11.1. The number of pyridine rings is 1. The van der Waals surface area contributed by atoms with Gasteiger partial charge in [0.25, 0.3) is 0 Å². The molecule has 2 aromatic heterocycles. The standard InChI is InChI=1S/C23H29N5O3/c1-5-27-18-11-12-19(26-22(18)28(6-2)23(27)31)25-21(30)14-13-20(29)24-17-9-7-16(8-10-17)15(3)4/h7-12,15H,5-6,13-14H2,1-4H3,(H,24,29)(H,25,26,30). The number of nitrogens with zero attached hydrogens (tertiary/aromatic N) is 3. The molecule has 0 aliphatic carbocycles. The average molecular weight is 424 g/mol. The van der Waals surface area contributed by atoms with Crippen molar-refractivity contribution in [3.05, 3.63) is 52.4 Å². The van der Waals surface area contributed by atoms with Crippen LogP contribution in [0.25, 0.3) is 11.2 Å². The van der Waals surface area contributed by atoms with Gasteiger partial charge in [-0.2, -0.15) is 0 Å². The average Bonchev–Trinajstić information content (AvgIpc) is 3.02. The van der Waals surface area contributed by atoms with Gasteiger partial charge >= 0.3 is 5.69 Å². The highest BCUT2D eigenvalue weighted by atomic mass is 16.2. The minimum Gasteiger partial charge on any atom is -0.326 e. The highest BCUT2D eigenvalue weighted by molar-refractivity contribution is 5.96. The number of carbonyl (C=O) groups excluding carboxylic acids is 2.